The number of anilines is 1. The number of hydrogen-bond donors (Lipinski definition) is 1. The molecule has 0 aliphatic carbocycles. The second kappa shape index (κ2) is 16.0. The van der Waals surface area contributed by atoms with Gasteiger partial charge in [-0.3, -0.25) is 19.9 Å². The van der Waals surface area contributed by atoms with Gasteiger partial charge in [-0.05, 0) is 61.4 Å². The summed E-state index contributed by atoms with van der Waals surface area (Å²) in [6.45, 7) is 12.2. The van der Waals surface area contributed by atoms with Crippen molar-refractivity contribution < 1.29 is 9.72 Å². The predicted molar refractivity (Wildman–Crippen MR) is 170 cm³/mol. The first-order valence-electron chi connectivity index (χ1n) is 12.0. The average Bonchev–Trinajstić information content (AvgIpc) is 3.07. The molecule has 0 aromatic heterocycles. The van der Waals surface area contributed by atoms with Crippen LogP contribution in [-0.2, 0) is 4.79 Å². The summed E-state index contributed by atoms with van der Waals surface area (Å²) in [5, 5.41) is 14.2. The number of carbonyl (C=O) groups is 1. The van der Waals surface area contributed by atoms with Gasteiger partial charge in [0.25, 0.3) is 5.69 Å². The van der Waals surface area contributed by atoms with E-state index in [1.807, 2.05) is 0 Å². The van der Waals surface area contributed by atoms with Gasteiger partial charge in [0.15, 0.2) is 0 Å². The minimum absolute atomic E-state index is 0.0664. The van der Waals surface area contributed by atoms with E-state index in [0.717, 1.165) is 34.8 Å². The number of nitrogens with one attached hydrogen (secondary N) is 1. The predicted octanol–water partition coefficient (Wildman–Crippen LogP) is 6.66. The van der Waals surface area contributed by atoms with E-state index in [-0.39, 0.29) is 18.1 Å². The maximum Gasteiger partial charge on any atom is 0.270 e. The third-order valence-corrected chi connectivity index (χ3v) is 9.54. The number of halogens is 1. The van der Waals surface area contributed by atoms with Crippen molar-refractivity contribution in [3.05, 3.63) is 68.7 Å². The fraction of sp³-hybridized carbons (Fsp3) is 0.360. The Morgan fingerprint density at radius 2 is 1.55 bits per heavy atom. The zero-order valence-electron chi connectivity index (χ0n) is 21.6. The summed E-state index contributed by atoms with van der Waals surface area (Å²) in [6, 6.07) is 11.3. The molecule has 0 atom stereocenters. The third kappa shape index (κ3) is 8.91. The lowest BCUT2D eigenvalue weighted by Crippen LogP contribution is -2.28. The molecule has 0 saturated heterocycles. The molecular weight excluding hydrogens is 582 g/mol. The Kier molecular flexibility index (Phi) is 13.5. The Morgan fingerprint density at radius 3 is 2.05 bits per heavy atom. The summed E-state index contributed by atoms with van der Waals surface area (Å²) >= 11 is 16.9. The molecule has 2 aromatic rings. The lowest BCUT2D eigenvalue weighted by atomic mass is 10.00. The highest BCUT2D eigenvalue weighted by atomic mass is 35.5. The number of thiocarbonyl (C=S) groups is 2. The van der Waals surface area contributed by atoms with Crippen LogP contribution in [0.5, 0.6) is 0 Å². The van der Waals surface area contributed by atoms with Gasteiger partial charge in [0.2, 0.25) is 5.91 Å². The molecule has 1 amide bonds. The topological polar surface area (TPSA) is 91.1 Å². The number of non-ortho nitro benzene ring substituents is 1. The quantitative estimate of drug-likeness (QED) is 0.167. The first kappa shape index (κ1) is 32.0. The lowest BCUT2D eigenvalue weighted by molar-refractivity contribution is -0.384. The molecule has 13 heteroatoms. The largest absolute Gasteiger partial charge is 0.357 e. The smallest absolute Gasteiger partial charge is 0.270 e. The van der Waals surface area contributed by atoms with E-state index < -0.39 is 4.92 Å². The molecule has 204 valence electrons. The zero-order chi connectivity index (χ0) is 28.2. The number of hydrogen-bond acceptors (Lipinski definition) is 8. The Labute approximate surface area is 247 Å². The van der Waals surface area contributed by atoms with Crippen LogP contribution in [0.25, 0.3) is 0 Å². The number of fused-ring (bicyclic) bond motifs is 1. The number of carbonyl (C=O) groups excluding carboxylic acids is 1. The van der Waals surface area contributed by atoms with Crippen LogP contribution in [0.4, 0.5) is 11.4 Å². The molecule has 3 rings (SSSR count). The standard InChI is InChI=1S/C15H10ClN3O3.C10H20N2S4/c16-12-4-2-1-3-10(12)15-11-7-9(19(21)22)5-6-13(11)18-14(20)8-17-15;1-5-11(6-2)9(13)15-16-10(14)12(7-3)8-4/h1-7H,8H2,(H,18,20);5-8H2,1-4H3. The van der Waals surface area contributed by atoms with Crippen LogP contribution in [0, 0.1) is 10.1 Å². The van der Waals surface area contributed by atoms with Crippen molar-refractivity contribution >= 4 is 89.3 Å². The number of amides is 1. The molecule has 0 spiro atoms. The van der Waals surface area contributed by atoms with Crippen LogP contribution in [-0.4, -0.2) is 67.7 Å². The van der Waals surface area contributed by atoms with Gasteiger partial charge in [-0.25, -0.2) is 0 Å². The molecule has 1 aliphatic rings. The van der Waals surface area contributed by atoms with E-state index in [1.54, 1.807) is 45.9 Å². The summed E-state index contributed by atoms with van der Waals surface area (Å²) in [6.07, 6.45) is 0. The highest BCUT2D eigenvalue weighted by Gasteiger charge is 2.22. The average molecular weight is 612 g/mol. The summed E-state index contributed by atoms with van der Waals surface area (Å²) in [5.74, 6) is -0.280. The fourth-order valence-corrected chi connectivity index (χ4v) is 6.68. The first-order chi connectivity index (χ1) is 18.2. The number of rotatable bonds is 6. The van der Waals surface area contributed by atoms with E-state index in [1.165, 1.54) is 18.2 Å². The third-order valence-electron chi connectivity index (χ3n) is 5.48. The number of benzene rings is 2. The second-order valence-electron chi connectivity index (χ2n) is 7.72. The lowest BCUT2D eigenvalue weighted by Gasteiger charge is -2.23. The molecule has 38 heavy (non-hydrogen) atoms. The van der Waals surface area contributed by atoms with Gasteiger partial charge in [-0.15, -0.1) is 0 Å². The summed E-state index contributed by atoms with van der Waals surface area (Å²) in [5.41, 5.74) is 1.97. The molecule has 0 fully saturated rings. The zero-order valence-corrected chi connectivity index (χ0v) is 25.6. The van der Waals surface area contributed by atoms with Crippen molar-refractivity contribution in [2.75, 3.05) is 38.0 Å². The van der Waals surface area contributed by atoms with E-state index >= 15 is 0 Å². The molecule has 1 N–H and O–H groups in total. The molecule has 0 unspecified atom stereocenters. The molecular formula is C25H30ClN5O3S4. The van der Waals surface area contributed by atoms with Gasteiger partial charge in [0.05, 0.1) is 16.3 Å². The van der Waals surface area contributed by atoms with Gasteiger partial charge in [0, 0.05) is 54.5 Å². The number of benzodiazepines with no additional fused rings is 1. The Morgan fingerprint density at radius 1 is 1.00 bits per heavy atom. The molecule has 2 aromatic carbocycles. The Hall–Kier alpha value is -2.25. The van der Waals surface area contributed by atoms with Crippen LogP contribution < -0.4 is 5.32 Å². The number of aliphatic imine (C=N–C) groups is 1. The van der Waals surface area contributed by atoms with Crippen molar-refractivity contribution in [3.63, 3.8) is 0 Å². The maximum atomic E-state index is 11.7. The van der Waals surface area contributed by atoms with E-state index in [9.17, 15) is 14.9 Å². The molecule has 1 aliphatic heterocycles. The summed E-state index contributed by atoms with van der Waals surface area (Å²) in [4.78, 5) is 30.9. The SMILES string of the molecule is CCN(CC)C(=S)SSC(=S)N(CC)CC.O=C1CN=C(c2ccccc2Cl)c2cc([N+](=O)[O-])ccc2N1. The van der Waals surface area contributed by atoms with Crippen molar-refractivity contribution in [1.82, 2.24) is 9.80 Å². The van der Waals surface area contributed by atoms with Crippen molar-refractivity contribution in [2.45, 2.75) is 27.7 Å². The van der Waals surface area contributed by atoms with Crippen LogP contribution in [0.1, 0.15) is 38.8 Å². The van der Waals surface area contributed by atoms with Gasteiger partial charge in [0.1, 0.15) is 15.2 Å². The number of nitrogens with zero attached hydrogens (tertiary/aromatic N) is 4. The van der Waals surface area contributed by atoms with Crippen molar-refractivity contribution in [1.29, 1.82) is 0 Å². The monoisotopic (exact) mass is 611 g/mol. The van der Waals surface area contributed by atoms with Crippen LogP contribution in [0.3, 0.4) is 0 Å². The molecule has 1 heterocycles. The summed E-state index contributed by atoms with van der Waals surface area (Å²) < 4.78 is 1.84. The summed E-state index contributed by atoms with van der Waals surface area (Å²) in [7, 11) is 3.18. The van der Waals surface area contributed by atoms with Crippen LogP contribution >= 0.6 is 57.6 Å². The van der Waals surface area contributed by atoms with Gasteiger partial charge in [-0.1, -0.05) is 54.2 Å². The van der Waals surface area contributed by atoms with Gasteiger partial charge >= 0.3 is 0 Å². The second-order valence-corrected chi connectivity index (χ2v) is 11.5. The molecule has 8 nitrogen and oxygen atoms in total. The molecule has 0 saturated carbocycles. The Bertz CT molecular complexity index is 1180. The number of nitro benzene ring substituents is 1. The van der Waals surface area contributed by atoms with Gasteiger partial charge in [-0.2, -0.15) is 0 Å². The fourth-order valence-electron chi connectivity index (χ4n) is 3.40. The highest BCUT2D eigenvalue weighted by Crippen LogP contribution is 2.30. The van der Waals surface area contributed by atoms with E-state index in [4.69, 9.17) is 36.0 Å². The normalized spacial score (nSPS) is 12.1. The minimum atomic E-state index is -0.489. The van der Waals surface area contributed by atoms with Gasteiger partial charge < -0.3 is 15.1 Å². The van der Waals surface area contributed by atoms with Crippen molar-refractivity contribution in [2.24, 2.45) is 4.99 Å². The van der Waals surface area contributed by atoms with E-state index in [0.29, 0.717) is 27.5 Å². The first-order valence-corrected chi connectivity index (χ1v) is 15.3. The van der Waals surface area contributed by atoms with Crippen LogP contribution in [0.15, 0.2) is 47.5 Å². The maximum absolute atomic E-state index is 11.7. The molecule has 0 radical (unpaired) electrons. The Balaban J connectivity index is 0.000000284. The number of nitro groups is 1. The van der Waals surface area contributed by atoms with Crippen LogP contribution in [0.2, 0.25) is 5.02 Å². The minimum Gasteiger partial charge on any atom is -0.357 e. The van der Waals surface area contributed by atoms with E-state index in [2.05, 4.69) is 47.8 Å². The van der Waals surface area contributed by atoms with Crippen molar-refractivity contribution in [3.8, 4) is 0 Å². The molecule has 0 bridgehead atoms. The highest BCUT2D eigenvalue weighted by molar-refractivity contribution is 8.89.